The summed E-state index contributed by atoms with van der Waals surface area (Å²) in [5.74, 6) is 0.655. The van der Waals surface area contributed by atoms with Gasteiger partial charge in [0.1, 0.15) is 0 Å². The van der Waals surface area contributed by atoms with Crippen LogP contribution in [0.4, 0.5) is 0 Å². The van der Waals surface area contributed by atoms with Gasteiger partial charge < -0.3 is 4.57 Å². The number of hydrogen-bond donors (Lipinski definition) is 0. The van der Waals surface area contributed by atoms with Gasteiger partial charge in [-0.25, -0.2) is 0 Å². The van der Waals surface area contributed by atoms with E-state index in [4.69, 9.17) is 0 Å². The van der Waals surface area contributed by atoms with Crippen LogP contribution in [-0.2, 0) is 0 Å². The van der Waals surface area contributed by atoms with E-state index in [1.165, 1.54) is 46.6 Å². The van der Waals surface area contributed by atoms with Crippen molar-refractivity contribution in [2.24, 2.45) is 0 Å². The molecule has 0 saturated heterocycles. The standard InChI is InChI=1S/C25H21N/c1-4-10-19(11-5-1)23-18-24(20-12-6-2-7-13-20)26(25(23)21-16-17-21)22-14-8-3-9-15-22/h1-15,18,21H,16-17H2. The zero-order valence-electron chi connectivity index (χ0n) is 14.7. The molecule has 3 aromatic carbocycles. The fourth-order valence-electron chi connectivity index (χ4n) is 3.81. The normalized spacial score (nSPS) is 13.7. The first-order valence-electron chi connectivity index (χ1n) is 9.34. The Hall–Kier alpha value is -3.06. The van der Waals surface area contributed by atoms with E-state index in [9.17, 15) is 0 Å². The highest BCUT2D eigenvalue weighted by Crippen LogP contribution is 2.48. The summed E-state index contributed by atoms with van der Waals surface area (Å²) in [6, 6.07) is 34.7. The molecule has 1 fully saturated rings. The second-order valence-electron chi connectivity index (χ2n) is 7.01. The monoisotopic (exact) mass is 335 g/mol. The van der Waals surface area contributed by atoms with Crippen LogP contribution in [0.3, 0.4) is 0 Å². The largest absolute Gasteiger partial charge is 0.313 e. The molecule has 0 spiro atoms. The van der Waals surface area contributed by atoms with Gasteiger partial charge in [0.25, 0.3) is 0 Å². The summed E-state index contributed by atoms with van der Waals surface area (Å²) in [6.45, 7) is 0. The minimum Gasteiger partial charge on any atom is -0.313 e. The van der Waals surface area contributed by atoms with Gasteiger partial charge in [0.15, 0.2) is 0 Å². The van der Waals surface area contributed by atoms with Gasteiger partial charge in [0.05, 0.1) is 5.69 Å². The molecule has 4 aromatic rings. The molecular formula is C25H21N. The number of nitrogens with zero attached hydrogens (tertiary/aromatic N) is 1. The van der Waals surface area contributed by atoms with Crippen molar-refractivity contribution in [3.05, 3.63) is 103 Å². The van der Waals surface area contributed by atoms with Crippen molar-refractivity contribution in [2.75, 3.05) is 0 Å². The third-order valence-corrected chi connectivity index (χ3v) is 5.17. The van der Waals surface area contributed by atoms with Crippen LogP contribution >= 0.6 is 0 Å². The van der Waals surface area contributed by atoms with E-state index in [0.717, 1.165) is 0 Å². The zero-order chi connectivity index (χ0) is 17.3. The van der Waals surface area contributed by atoms with Gasteiger partial charge in [-0.1, -0.05) is 78.9 Å². The number of hydrogen-bond acceptors (Lipinski definition) is 0. The summed E-state index contributed by atoms with van der Waals surface area (Å²) >= 11 is 0. The van der Waals surface area contributed by atoms with Crippen LogP contribution in [0.2, 0.25) is 0 Å². The Morgan fingerprint density at radius 2 is 1.15 bits per heavy atom. The molecule has 126 valence electrons. The minimum absolute atomic E-state index is 0.655. The van der Waals surface area contributed by atoms with Crippen LogP contribution in [0.1, 0.15) is 24.5 Å². The summed E-state index contributed by atoms with van der Waals surface area (Å²) in [4.78, 5) is 0. The Balaban J connectivity index is 1.82. The highest BCUT2D eigenvalue weighted by Gasteiger charge is 2.32. The van der Waals surface area contributed by atoms with E-state index in [-0.39, 0.29) is 0 Å². The van der Waals surface area contributed by atoms with Crippen LogP contribution in [-0.4, -0.2) is 4.57 Å². The first-order chi connectivity index (χ1) is 12.9. The molecule has 5 rings (SSSR count). The molecular weight excluding hydrogens is 314 g/mol. The Bertz CT molecular complexity index is 1010. The number of aromatic nitrogens is 1. The third kappa shape index (κ3) is 2.66. The Kier molecular flexibility index (Phi) is 3.71. The van der Waals surface area contributed by atoms with Gasteiger partial charge in [-0.05, 0) is 42.2 Å². The minimum atomic E-state index is 0.655. The molecule has 0 bridgehead atoms. The van der Waals surface area contributed by atoms with Crippen molar-refractivity contribution in [2.45, 2.75) is 18.8 Å². The maximum atomic E-state index is 2.48. The molecule has 1 aromatic heterocycles. The Labute approximate surface area is 154 Å². The summed E-state index contributed by atoms with van der Waals surface area (Å²) < 4.78 is 2.48. The first kappa shape index (κ1) is 15.2. The summed E-state index contributed by atoms with van der Waals surface area (Å²) in [5, 5.41) is 0. The molecule has 1 heteroatoms. The fraction of sp³-hybridized carbons (Fsp3) is 0.120. The SMILES string of the molecule is c1ccc(-c2cc(-c3ccccc3)n(-c3ccccc3)c2C2CC2)cc1. The van der Waals surface area contributed by atoms with E-state index in [1.807, 2.05) is 0 Å². The van der Waals surface area contributed by atoms with E-state index in [0.29, 0.717) is 5.92 Å². The van der Waals surface area contributed by atoms with Crippen molar-refractivity contribution in [1.29, 1.82) is 0 Å². The highest BCUT2D eigenvalue weighted by atomic mass is 15.0. The van der Waals surface area contributed by atoms with E-state index < -0.39 is 0 Å². The first-order valence-corrected chi connectivity index (χ1v) is 9.34. The second kappa shape index (κ2) is 6.34. The van der Waals surface area contributed by atoms with Crippen molar-refractivity contribution in [1.82, 2.24) is 4.57 Å². The predicted molar refractivity (Wildman–Crippen MR) is 109 cm³/mol. The van der Waals surface area contributed by atoms with E-state index >= 15 is 0 Å². The maximum Gasteiger partial charge on any atom is 0.0537 e. The lowest BCUT2D eigenvalue weighted by atomic mass is 10.0. The van der Waals surface area contributed by atoms with Gasteiger partial charge in [-0.3, -0.25) is 0 Å². The van der Waals surface area contributed by atoms with Gasteiger partial charge >= 0.3 is 0 Å². The van der Waals surface area contributed by atoms with Crippen molar-refractivity contribution >= 4 is 0 Å². The molecule has 1 heterocycles. The Morgan fingerprint density at radius 1 is 0.615 bits per heavy atom. The van der Waals surface area contributed by atoms with Crippen LogP contribution in [0.15, 0.2) is 97.1 Å². The summed E-state index contributed by atoms with van der Waals surface area (Å²) in [7, 11) is 0. The quantitative estimate of drug-likeness (QED) is 0.391. The molecule has 1 nitrogen and oxygen atoms in total. The molecule has 1 saturated carbocycles. The lowest BCUT2D eigenvalue weighted by molar-refractivity contribution is 0.934. The lowest BCUT2D eigenvalue weighted by Crippen LogP contribution is -2.01. The van der Waals surface area contributed by atoms with Gasteiger partial charge in [0.2, 0.25) is 0 Å². The third-order valence-electron chi connectivity index (χ3n) is 5.17. The highest BCUT2D eigenvalue weighted by molar-refractivity contribution is 5.78. The molecule has 1 aliphatic carbocycles. The van der Waals surface area contributed by atoms with Crippen LogP contribution in [0, 0.1) is 0 Å². The molecule has 0 unspecified atom stereocenters. The summed E-state index contributed by atoms with van der Waals surface area (Å²) in [6.07, 6.45) is 2.57. The van der Waals surface area contributed by atoms with Crippen molar-refractivity contribution in [3.8, 4) is 28.1 Å². The molecule has 0 aliphatic heterocycles. The number of benzene rings is 3. The van der Waals surface area contributed by atoms with E-state index in [1.54, 1.807) is 0 Å². The molecule has 0 radical (unpaired) electrons. The second-order valence-corrected chi connectivity index (χ2v) is 7.01. The zero-order valence-corrected chi connectivity index (χ0v) is 14.7. The Morgan fingerprint density at radius 3 is 1.73 bits per heavy atom. The van der Waals surface area contributed by atoms with Gasteiger partial charge in [-0.2, -0.15) is 0 Å². The fourth-order valence-corrected chi connectivity index (χ4v) is 3.81. The van der Waals surface area contributed by atoms with Crippen LogP contribution in [0.25, 0.3) is 28.1 Å². The number of para-hydroxylation sites is 1. The smallest absolute Gasteiger partial charge is 0.0537 e. The molecule has 1 aliphatic rings. The van der Waals surface area contributed by atoms with Crippen molar-refractivity contribution in [3.63, 3.8) is 0 Å². The predicted octanol–water partition coefficient (Wildman–Crippen LogP) is 6.69. The van der Waals surface area contributed by atoms with Crippen LogP contribution < -0.4 is 0 Å². The van der Waals surface area contributed by atoms with E-state index in [2.05, 4.69) is 102 Å². The lowest BCUT2D eigenvalue weighted by Gasteiger charge is -2.15. The molecule has 0 N–H and O–H groups in total. The van der Waals surface area contributed by atoms with Gasteiger partial charge in [-0.15, -0.1) is 0 Å². The molecule has 0 amide bonds. The maximum absolute atomic E-state index is 2.48. The number of rotatable bonds is 4. The topological polar surface area (TPSA) is 4.93 Å². The molecule has 0 atom stereocenters. The van der Waals surface area contributed by atoms with Crippen molar-refractivity contribution < 1.29 is 0 Å². The molecule has 26 heavy (non-hydrogen) atoms. The average molecular weight is 335 g/mol. The van der Waals surface area contributed by atoms with Crippen LogP contribution in [0.5, 0.6) is 0 Å². The van der Waals surface area contributed by atoms with Gasteiger partial charge in [0, 0.05) is 22.9 Å². The average Bonchev–Trinajstić information content (AvgIpc) is 3.49. The summed E-state index contributed by atoms with van der Waals surface area (Å²) in [5.41, 5.74) is 7.92.